The molecule has 0 amide bonds. The predicted molar refractivity (Wildman–Crippen MR) is 93.9 cm³/mol. The van der Waals surface area contributed by atoms with Crippen molar-refractivity contribution < 1.29 is 4.74 Å². The summed E-state index contributed by atoms with van der Waals surface area (Å²) >= 11 is 4.94. The predicted octanol–water partition coefficient (Wildman–Crippen LogP) is 3.31. The van der Waals surface area contributed by atoms with E-state index >= 15 is 0 Å². The summed E-state index contributed by atoms with van der Waals surface area (Å²) in [5.41, 5.74) is 6.45. The highest BCUT2D eigenvalue weighted by Gasteiger charge is 2.09. The summed E-state index contributed by atoms with van der Waals surface area (Å²) in [5, 5.41) is 0. The number of hydrogen-bond acceptors (Lipinski definition) is 3. The molecule has 1 rings (SSSR count). The molecule has 0 spiro atoms. The molecule has 0 aliphatic heterocycles. The second-order valence-corrected chi connectivity index (χ2v) is 6.72. The van der Waals surface area contributed by atoms with Crippen molar-refractivity contribution >= 4 is 17.2 Å². The molecule has 0 bridgehead atoms. The quantitative estimate of drug-likeness (QED) is 0.710. The highest BCUT2D eigenvalue weighted by atomic mass is 32.1. The smallest absolute Gasteiger partial charge is 0.119 e. The van der Waals surface area contributed by atoms with Crippen molar-refractivity contribution in [3.05, 3.63) is 29.8 Å². The van der Waals surface area contributed by atoms with Crippen molar-refractivity contribution in [3.8, 4) is 5.75 Å². The summed E-state index contributed by atoms with van der Waals surface area (Å²) in [6.07, 6.45) is 0. The van der Waals surface area contributed by atoms with E-state index in [2.05, 4.69) is 32.6 Å². The van der Waals surface area contributed by atoms with Crippen LogP contribution in [-0.4, -0.2) is 36.1 Å². The number of thiocarbonyl (C=S) groups is 1. The van der Waals surface area contributed by atoms with Gasteiger partial charge in [-0.25, -0.2) is 0 Å². The van der Waals surface area contributed by atoms with Gasteiger partial charge in [-0.2, -0.15) is 0 Å². The van der Waals surface area contributed by atoms with Gasteiger partial charge in [0, 0.05) is 25.2 Å². The van der Waals surface area contributed by atoms with Gasteiger partial charge in [0.2, 0.25) is 0 Å². The van der Waals surface area contributed by atoms with Crippen LogP contribution in [0.25, 0.3) is 0 Å². The number of rotatable bonds is 9. The van der Waals surface area contributed by atoms with Crippen molar-refractivity contribution in [2.45, 2.75) is 27.7 Å². The Labute approximate surface area is 134 Å². The minimum atomic E-state index is 0.418. The van der Waals surface area contributed by atoms with Crippen LogP contribution in [0.5, 0.6) is 5.75 Å². The van der Waals surface area contributed by atoms with Gasteiger partial charge < -0.3 is 10.5 Å². The van der Waals surface area contributed by atoms with Gasteiger partial charge in [-0.15, -0.1) is 0 Å². The molecule has 0 unspecified atom stereocenters. The lowest BCUT2D eigenvalue weighted by molar-refractivity contribution is 0.177. The van der Waals surface area contributed by atoms with Crippen LogP contribution < -0.4 is 10.5 Å². The van der Waals surface area contributed by atoms with Crippen LogP contribution in [0.4, 0.5) is 0 Å². The van der Waals surface area contributed by atoms with E-state index < -0.39 is 0 Å². The molecule has 118 valence electrons. The van der Waals surface area contributed by atoms with Gasteiger partial charge in [-0.05, 0) is 36.1 Å². The molecule has 0 radical (unpaired) electrons. The number of hydrogen-bond donors (Lipinski definition) is 1. The van der Waals surface area contributed by atoms with Crippen LogP contribution in [0.3, 0.4) is 0 Å². The average Bonchev–Trinajstić information content (AvgIpc) is 2.37. The van der Waals surface area contributed by atoms with Gasteiger partial charge in [0.15, 0.2) is 0 Å². The minimum absolute atomic E-state index is 0.418. The molecule has 0 aliphatic rings. The van der Waals surface area contributed by atoms with E-state index in [-0.39, 0.29) is 0 Å². The van der Waals surface area contributed by atoms with Crippen molar-refractivity contribution in [2.75, 3.05) is 26.2 Å². The maximum Gasteiger partial charge on any atom is 0.119 e. The summed E-state index contributed by atoms with van der Waals surface area (Å²) in [7, 11) is 0. The lowest BCUT2D eigenvalue weighted by Gasteiger charge is -2.26. The fraction of sp³-hybridized carbons (Fsp3) is 0.588. The standard InChI is InChI=1S/C17H28N2OS/c1-13(2)11-19(12-14(3)4)9-10-20-16-7-5-15(6-8-16)17(18)21/h5-8,13-14H,9-12H2,1-4H3,(H2,18,21). The van der Waals surface area contributed by atoms with Crippen LogP contribution in [0.15, 0.2) is 24.3 Å². The molecule has 0 fully saturated rings. The molecule has 0 saturated carbocycles. The second kappa shape index (κ2) is 9.00. The largest absolute Gasteiger partial charge is 0.492 e. The van der Waals surface area contributed by atoms with Crippen molar-refractivity contribution in [3.63, 3.8) is 0 Å². The molecular weight excluding hydrogens is 280 g/mol. The first-order chi connectivity index (χ1) is 9.88. The minimum Gasteiger partial charge on any atom is -0.492 e. The summed E-state index contributed by atoms with van der Waals surface area (Å²) in [5.74, 6) is 2.21. The van der Waals surface area contributed by atoms with Gasteiger partial charge in [0.05, 0.1) is 0 Å². The molecule has 0 aromatic heterocycles. The van der Waals surface area contributed by atoms with Gasteiger partial charge in [-0.1, -0.05) is 39.9 Å². The zero-order valence-electron chi connectivity index (χ0n) is 13.6. The Bertz CT molecular complexity index is 419. The number of benzene rings is 1. The first-order valence-electron chi connectivity index (χ1n) is 7.63. The molecular formula is C17H28N2OS. The summed E-state index contributed by atoms with van der Waals surface area (Å²) < 4.78 is 5.81. The van der Waals surface area contributed by atoms with Crippen LogP contribution in [-0.2, 0) is 0 Å². The summed E-state index contributed by atoms with van der Waals surface area (Å²) in [4.78, 5) is 2.89. The molecule has 0 aliphatic carbocycles. The maximum atomic E-state index is 5.81. The molecule has 21 heavy (non-hydrogen) atoms. The topological polar surface area (TPSA) is 38.5 Å². The molecule has 0 heterocycles. The Hall–Kier alpha value is -1.13. The third-order valence-corrected chi connectivity index (χ3v) is 3.30. The molecule has 3 nitrogen and oxygen atoms in total. The molecule has 2 N–H and O–H groups in total. The number of ether oxygens (including phenoxy) is 1. The maximum absolute atomic E-state index is 5.81. The van der Waals surface area contributed by atoms with E-state index in [4.69, 9.17) is 22.7 Å². The number of nitrogens with two attached hydrogens (primary N) is 1. The lowest BCUT2D eigenvalue weighted by atomic mass is 10.1. The van der Waals surface area contributed by atoms with Gasteiger partial charge in [0.25, 0.3) is 0 Å². The van der Waals surface area contributed by atoms with Gasteiger partial charge in [-0.3, -0.25) is 4.90 Å². The lowest BCUT2D eigenvalue weighted by Crippen LogP contribution is -2.34. The first-order valence-corrected chi connectivity index (χ1v) is 8.04. The van der Waals surface area contributed by atoms with E-state index in [9.17, 15) is 0 Å². The Kier molecular flexibility index (Phi) is 7.68. The van der Waals surface area contributed by atoms with Crippen LogP contribution >= 0.6 is 12.2 Å². The van der Waals surface area contributed by atoms with E-state index in [0.717, 1.165) is 30.9 Å². The zero-order chi connectivity index (χ0) is 15.8. The monoisotopic (exact) mass is 308 g/mol. The average molecular weight is 308 g/mol. The normalized spacial score (nSPS) is 11.4. The third kappa shape index (κ3) is 7.44. The summed E-state index contributed by atoms with van der Waals surface area (Å²) in [6, 6.07) is 7.64. The van der Waals surface area contributed by atoms with E-state index in [1.807, 2.05) is 24.3 Å². The van der Waals surface area contributed by atoms with Gasteiger partial charge >= 0.3 is 0 Å². The fourth-order valence-electron chi connectivity index (χ4n) is 2.30. The third-order valence-electron chi connectivity index (χ3n) is 3.06. The van der Waals surface area contributed by atoms with Crippen LogP contribution in [0, 0.1) is 11.8 Å². The molecule has 4 heteroatoms. The first kappa shape index (κ1) is 17.9. The molecule has 1 aromatic rings. The highest BCUT2D eigenvalue weighted by molar-refractivity contribution is 7.80. The van der Waals surface area contributed by atoms with E-state index in [1.165, 1.54) is 0 Å². The Morgan fingerprint density at radius 2 is 1.62 bits per heavy atom. The number of nitrogens with zero attached hydrogens (tertiary/aromatic N) is 1. The molecule has 0 saturated heterocycles. The SMILES string of the molecule is CC(C)CN(CCOc1ccc(C(N)=S)cc1)CC(C)C. The fourth-order valence-corrected chi connectivity index (χ4v) is 2.43. The summed E-state index contributed by atoms with van der Waals surface area (Å²) in [6.45, 7) is 12.9. The Morgan fingerprint density at radius 3 is 2.05 bits per heavy atom. The van der Waals surface area contributed by atoms with Crippen molar-refractivity contribution in [2.24, 2.45) is 17.6 Å². The van der Waals surface area contributed by atoms with E-state index in [0.29, 0.717) is 23.4 Å². The van der Waals surface area contributed by atoms with Gasteiger partial charge in [0.1, 0.15) is 17.3 Å². The van der Waals surface area contributed by atoms with Crippen LogP contribution in [0.2, 0.25) is 0 Å². The zero-order valence-corrected chi connectivity index (χ0v) is 14.5. The van der Waals surface area contributed by atoms with Crippen molar-refractivity contribution in [1.82, 2.24) is 4.90 Å². The molecule has 0 atom stereocenters. The molecule has 1 aromatic carbocycles. The second-order valence-electron chi connectivity index (χ2n) is 6.28. The Morgan fingerprint density at radius 1 is 1.10 bits per heavy atom. The Balaban J connectivity index is 2.43. The van der Waals surface area contributed by atoms with E-state index in [1.54, 1.807) is 0 Å². The van der Waals surface area contributed by atoms with Crippen molar-refractivity contribution in [1.29, 1.82) is 0 Å². The van der Waals surface area contributed by atoms with Crippen LogP contribution in [0.1, 0.15) is 33.3 Å². The highest BCUT2D eigenvalue weighted by Crippen LogP contribution is 2.12.